The molecule has 164 valence electrons. The maximum atomic E-state index is 12.1. The molecular formula is C20H27N3O7. The van der Waals surface area contributed by atoms with Crippen molar-refractivity contribution in [2.24, 2.45) is 11.3 Å². The van der Waals surface area contributed by atoms with Crippen LogP contribution in [0.4, 0.5) is 0 Å². The Morgan fingerprint density at radius 3 is 2.23 bits per heavy atom. The second-order valence-electron chi connectivity index (χ2n) is 8.41. The van der Waals surface area contributed by atoms with Gasteiger partial charge in [-0.25, -0.2) is 4.79 Å². The molecule has 1 atom stereocenters. The van der Waals surface area contributed by atoms with Crippen molar-refractivity contribution in [3.8, 4) is 0 Å². The van der Waals surface area contributed by atoms with Crippen LogP contribution in [-0.4, -0.2) is 58.6 Å². The molecule has 2 aliphatic heterocycles. The van der Waals surface area contributed by atoms with E-state index in [0.717, 1.165) is 4.90 Å². The van der Waals surface area contributed by atoms with Crippen LogP contribution in [0.15, 0.2) is 12.2 Å². The van der Waals surface area contributed by atoms with Gasteiger partial charge in [0, 0.05) is 44.5 Å². The minimum atomic E-state index is -0.659. The fourth-order valence-electron chi connectivity index (χ4n) is 3.51. The Labute approximate surface area is 174 Å². The lowest BCUT2D eigenvalue weighted by atomic mass is 9.80. The first kappa shape index (κ1) is 23.2. The third kappa shape index (κ3) is 6.50. The zero-order valence-corrected chi connectivity index (χ0v) is 17.4. The summed E-state index contributed by atoms with van der Waals surface area (Å²) in [6, 6.07) is 0. The molecular weight excluding hydrogens is 394 g/mol. The number of carbonyl (C=O) groups excluding carboxylic acids is 6. The van der Waals surface area contributed by atoms with Crippen molar-refractivity contribution in [2.75, 3.05) is 13.1 Å². The Morgan fingerprint density at radius 2 is 1.67 bits per heavy atom. The smallest absolute Gasteiger partial charge is 0.333 e. The van der Waals surface area contributed by atoms with Crippen LogP contribution in [-0.2, 0) is 33.6 Å². The Balaban J connectivity index is 1.70. The van der Waals surface area contributed by atoms with Gasteiger partial charge in [-0.1, -0.05) is 20.8 Å². The summed E-state index contributed by atoms with van der Waals surface area (Å²) in [6.45, 7) is 6.02. The molecule has 10 nitrogen and oxygen atoms in total. The fraction of sp³-hybridized carbons (Fsp3) is 0.600. The van der Waals surface area contributed by atoms with Crippen molar-refractivity contribution in [2.45, 2.75) is 52.9 Å². The van der Waals surface area contributed by atoms with Crippen molar-refractivity contribution in [1.82, 2.24) is 15.3 Å². The molecule has 5 amide bonds. The molecule has 2 rings (SSSR count). The summed E-state index contributed by atoms with van der Waals surface area (Å²) in [5.74, 6) is -2.79. The van der Waals surface area contributed by atoms with E-state index in [2.05, 4.69) is 5.32 Å². The normalized spacial score (nSPS) is 17.7. The van der Waals surface area contributed by atoms with Crippen LogP contribution < -0.4 is 5.32 Å². The number of amides is 5. The number of imide groups is 2. The molecule has 0 aliphatic carbocycles. The van der Waals surface area contributed by atoms with Crippen molar-refractivity contribution < 1.29 is 33.6 Å². The maximum absolute atomic E-state index is 12.1. The summed E-state index contributed by atoms with van der Waals surface area (Å²) in [5.41, 5.74) is -0.479. The number of rotatable bonds is 10. The Bertz CT molecular complexity index is 753. The lowest BCUT2D eigenvalue weighted by molar-refractivity contribution is -0.199. The number of hydrogen-bond donors (Lipinski definition) is 1. The quantitative estimate of drug-likeness (QED) is 0.507. The molecule has 0 bridgehead atoms. The number of hydroxylamine groups is 2. The molecule has 0 spiro atoms. The first-order valence-electron chi connectivity index (χ1n) is 9.85. The minimum Gasteiger partial charge on any atom is -0.356 e. The van der Waals surface area contributed by atoms with Gasteiger partial charge in [0.2, 0.25) is 5.91 Å². The lowest BCUT2D eigenvalue weighted by Gasteiger charge is -2.27. The van der Waals surface area contributed by atoms with Gasteiger partial charge in [0.15, 0.2) is 0 Å². The van der Waals surface area contributed by atoms with Crippen molar-refractivity contribution in [3.63, 3.8) is 0 Å². The highest BCUT2D eigenvalue weighted by Crippen LogP contribution is 2.30. The average molecular weight is 421 g/mol. The molecule has 10 heteroatoms. The van der Waals surface area contributed by atoms with Gasteiger partial charge < -0.3 is 10.2 Å². The molecule has 30 heavy (non-hydrogen) atoms. The largest absolute Gasteiger partial charge is 0.356 e. The zero-order valence-electron chi connectivity index (χ0n) is 17.4. The van der Waals surface area contributed by atoms with Crippen LogP contribution >= 0.6 is 0 Å². The molecule has 0 saturated carbocycles. The van der Waals surface area contributed by atoms with E-state index in [1.54, 1.807) is 0 Å². The Hall–Kier alpha value is -3.04. The van der Waals surface area contributed by atoms with Crippen molar-refractivity contribution >= 4 is 35.5 Å². The summed E-state index contributed by atoms with van der Waals surface area (Å²) in [6.07, 6.45) is 3.03. The average Bonchev–Trinajstić information content (AvgIpc) is 3.13. The van der Waals surface area contributed by atoms with E-state index >= 15 is 0 Å². The minimum absolute atomic E-state index is 0.00846. The van der Waals surface area contributed by atoms with Gasteiger partial charge in [-0.2, -0.15) is 0 Å². The molecule has 1 fully saturated rings. The van der Waals surface area contributed by atoms with E-state index in [9.17, 15) is 28.8 Å². The second kappa shape index (κ2) is 9.64. The lowest BCUT2D eigenvalue weighted by Crippen LogP contribution is -2.36. The van der Waals surface area contributed by atoms with Gasteiger partial charge in [-0.15, -0.1) is 5.06 Å². The Kier molecular flexibility index (Phi) is 7.47. The standard InChI is InChI=1S/C20H27N3O7/c1-13(12-21-14(24)8-9-22-15(25)4-5-16(22)26)10-20(2,3)11-19(29)30-23-17(27)6-7-18(23)28/h4-5,13H,6-12H2,1-3H3,(H,21,24). The number of hydrogen-bond acceptors (Lipinski definition) is 7. The molecule has 0 aromatic carbocycles. The highest BCUT2D eigenvalue weighted by Gasteiger charge is 2.34. The summed E-state index contributed by atoms with van der Waals surface area (Å²) in [7, 11) is 0. The fourth-order valence-corrected chi connectivity index (χ4v) is 3.51. The zero-order chi connectivity index (χ0) is 22.5. The van der Waals surface area contributed by atoms with E-state index in [1.807, 2.05) is 20.8 Å². The van der Waals surface area contributed by atoms with Gasteiger partial charge in [-0.05, 0) is 17.8 Å². The van der Waals surface area contributed by atoms with Crippen molar-refractivity contribution in [3.05, 3.63) is 12.2 Å². The molecule has 0 aromatic rings. The third-order valence-corrected chi connectivity index (χ3v) is 4.83. The van der Waals surface area contributed by atoms with Gasteiger partial charge in [-0.3, -0.25) is 28.9 Å². The predicted molar refractivity (Wildman–Crippen MR) is 103 cm³/mol. The molecule has 0 aromatic heterocycles. The number of nitrogens with zero attached hydrogens (tertiary/aromatic N) is 2. The van der Waals surface area contributed by atoms with Gasteiger partial charge in [0.1, 0.15) is 0 Å². The SMILES string of the molecule is CC(CNC(=O)CCN1C(=O)C=CC1=O)CC(C)(C)CC(=O)ON1C(=O)CCC1=O. The van der Waals surface area contributed by atoms with E-state index in [0.29, 0.717) is 18.0 Å². The summed E-state index contributed by atoms with van der Waals surface area (Å²) >= 11 is 0. The van der Waals surface area contributed by atoms with E-state index in [4.69, 9.17) is 4.84 Å². The van der Waals surface area contributed by atoms with Crippen LogP contribution in [0.25, 0.3) is 0 Å². The first-order chi connectivity index (χ1) is 14.0. The first-order valence-corrected chi connectivity index (χ1v) is 9.85. The Morgan fingerprint density at radius 1 is 1.10 bits per heavy atom. The molecule has 2 aliphatic rings. The van der Waals surface area contributed by atoms with Gasteiger partial charge >= 0.3 is 5.97 Å². The molecule has 2 heterocycles. The second-order valence-corrected chi connectivity index (χ2v) is 8.41. The third-order valence-electron chi connectivity index (χ3n) is 4.83. The summed E-state index contributed by atoms with van der Waals surface area (Å²) in [4.78, 5) is 76.0. The maximum Gasteiger partial charge on any atom is 0.333 e. The molecule has 1 N–H and O–H groups in total. The van der Waals surface area contributed by atoms with Gasteiger partial charge in [0.05, 0.1) is 6.42 Å². The predicted octanol–water partition coefficient (Wildman–Crippen LogP) is 0.467. The van der Waals surface area contributed by atoms with Crippen molar-refractivity contribution in [1.29, 1.82) is 0 Å². The van der Waals surface area contributed by atoms with Crippen LogP contribution in [0, 0.1) is 11.3 Å². The number of nitrogens with one attached hydrogen (secondary N) is 1. The van der Waals surface area contributed by atoms with E-state index < -0.39 is 35.0 Å². The topological polar surface area (TPSA) is 130 Å². The highest BCUT2D eigenvalue weighted by atomic mass is 16.7. The van der Waals surface area contributed by atoms with Crippen LogP contribution in [0.3, 0.4) is 0 Å². The van der Waals surface area contributed by atoms with E-state index in [1.165, 1.54) is 12.2 Å². The molecule has 0 radical (unpaired) electrons. The monoisotopic (exact) mass is 421 g/mol. The van der Waals surface area contributed by atoms with Crippen LogP contribution in [0.5, 0.6) is 0 Å². The van der Waals surface area contributed by atoms with E-state index in [-0.39, 0.29) is 44.1 Å². The highest BCUT2D eigenvalue weighted by molar-refractivity contribution is 6.13. The van der Waals surface area contributed by atoms with Gasteiger partial charge in [0.25, 0.3) is 23.6 Å². The van der Waals surface area contributed by atoms with Crippen LogP contribution in [0.1, 0.15) is 52.9 Å². The van der Waals surface area contributed by atoms with Crippen LogP contribution in [0.2, 0.25) is 0 Å². The summed E-state index contributed by atoms with van der Waals surface area (Å²) in [5, 5.41) is 3.30. The number of carbonyl (C=O) groups is 6. The molecule has 1 saturated heterocycles. The molecule has 1 unspecified atom stereocenters. The summed E-state index contributed by atoms with van der Waals surface area (Å²) < 4.78 is 0.